The molecule has 1 saturated heterocycles. The Morgan fingerprint density at radius 2 is 2.05 bits per heavy atom. The van der Waals surface area contributed by atoms with Crippen LogP contribution in [-0.4, -0.2) is 34.0 Å². The molecule has 2 rings (SSSR count). The smallest absolute Gasteiger partial charge is 0.237 e. The molecule has 1 aliphatic heterocycles. The average Bonchev–Trinajstić information content (AvgIpc) is 2.84. The van der Waals surface area contributed by atoms with Crippen molar-refractivity contribution in [3.8, 4) is 0 Å². The van der Waals surface area contributed by atoms with E-state index in [0.29, 0.717) is 18.6 Å². The highest BCUT2D eigenvalue weighted by Crippen LogP contribution is 2.25. The third kappa shape index (κ3) is 3.65. The maximum Gasteiger partial charge on any atom is 0.237 e. The summed E-state index contributed by atoms with van der Waals surface area (Å²) in [4.78, 5) is 14.6. The lowest BCUT2D eigenvalue weighted by Gasteiger charge is -2.31. The van der Waals surface area contributed by atoms with Crippen LogP contribution in [0.25, 0.3) is 0 Å². The quantitative estimate of drug-likeness (QED) is 0.877. The Hall–Kier alpha value is -1.46. The Morgan fingerprint density at radius 3 is 2.64 bits per heavy atom. The molecule has 4 nitrogen and oxygen atoms in total. The average molecular weight is 308 g/mol. The minimum Gasteiger partial charge on any atom is -0.392 e. The first kappa shape index (κ1) is 16.9. The van der Waals surface area contributed by atoms with Gasteiger partial charge in [-0.2, -0.15) is 0 Å². The fraction of sp³-hybridized carbons (Fsp3) is 0.588. The molecule has 1 heterocycles. The zero-order chi connectivity index (χ0) is 16.3. The van der Waals surface area contributed by atoms with Gasteiger partial charge in [-0.05, 0) is 51.3 Å². The van der Waals surface area contributed by atoms with Crippen LogP contribution in [0.2, 0.25) is 0 Å². The van der Waals surface area contributed by atoms with E-state index in [2.05, 4.69) is 24.1 Å². The van der Waals surface area contributed by atoms with Crippen LogP contribution in [0.1, 0.15) is 44.7 Å². The summed E-state index contributed by atoms with van der Waals surface area (Å²) in [5.74, 6) is -0.443. The van der Waals surface area contributed by atoms with Crippen molar-refractivity contribution in [2.45, 2.75) is 64.9 Å². The monoisotopic (exact) mass is 308 g/mol. The summed E-state index contributed by atoms with van der Waals surface area (Å²) in [5, 5.41) is 12.0. The molecule has 0 saturated carbocycles. The second-order valence-corrected chi connectivity index (χ2v) is 6.20. The van der Waals surface area contributed by atoms with Crippen molar-refractivity contribution < 1.29 is 14.3 Å². The lowest BCUT2D eigenvalue weighted by molar-refractivity contribution is -0.127. The number of nitrogens with one attached hydrogen (secondary N) is 1. The highest BCUT2D eigenvalue weighted by Gasteiger charge is 2.34. The minimum atomic E-state index is -0.425. The highest BCUT2D eigenvalue weighted by atomic mass is 19.1. The van der Waals surface area contributed by atoms with Crippen molar-refractivity contribution in [2.75, 3.05) is 0 Å². The number of hydrogen-bond acceptors (Lipinski definition) is 3. The summed E-state index contributed by atoms with van der Waals surface area (Å²) in [6.45, 7) is 6.24. The Labute approximate surface area is 131 Å². The molecule has 1 aromatic carbocycles. The van der Waals surface area contributed by atoms with Crippen molar-refractivity contribution >= 4 is 5.91 Å². The molecule has 0 bridgehead atoms. The largest absolute Gasteiger partial charge is 0.392 e. The lowest BCUT2D eigenvalue weighted by Crippen LogP contribution is -2.48. The van der Waals surface area contributed by atoms with Gasteiger partial charge in [-0.25, -0.2) is 4.39 Å². The third-order valence-corrected chi connectivity index (χ3v) is 4.59. The molecule has 1 aromatic rings. The molecule has 1 amide bonds. The fourth-order valence-electron chi connectivity index (χ4n) is 3.31. The molecular formula is C17H25FN2O2. The zero-order valence-corrected chi connectivity index (χ0v) is 13.5. The molecule has 0 spiro atoms. The Kier molecular flexibility index (Phi) is 5.53. The molecule has 0 aromatic heterocycles. The van der Waals surface area contributed by atoms with E-state index in [-0.39, 0.29) is 24.1 Å². The predicted octanol–water partition coefficient (Wildman–Crippen LogP) is 2.20. The third-order valence-electron chi connectivity index (χ3n) is 4.59. The lowest BCUT2D eigenvalue weighted by atomic mass is 10.1. The number of likely N-dealkylation sites (tertiary alicyclic amines) is 1. The number of hydrogen-bond donors (Lipinski definition) is 2. The van der Waals surface area contributed by atoms with Gasteiger partial charge in [0, 0.05) is 24.2 Å². The van der Waals surface area contributed by atoms with Crippen LogP contribution < -0.4 is 5.32 Å². The molecule has 122 valence electrons. The van der Waals surface area contributed by atoms with Crippen LogP contribution in [0.5, 0.6) is 0 Å². The first-order valence-electron chi connectivity index (χ1n) is 7.87. The van der Waals surface area contributed by atoms with E-state index >= 15 is 0 Å². The van der Waals surface area contributed by atoms with E-state index in [4.69, 9.17) is 5.11 Å². The van der Waals surface area contributed by atoms with Gasteiger partial charge in [-0.3, -0.25) is 9.69 Å². The van der Waals surface area contributed by atoms with Gasteiger partial charge in [0.2, 0.25) is 5.91 Å². The van der Waals surface area contributed by atoms with Crippen molar-refractivity contribution in [3.05, 3.63) is 35.1 Å². The van der Waals surface area contributed by atoms with E-state index in [0.717, 1.165) is 18.4 Å². The van der Waals surface area contributed by atoms with Crippen molar-refractivity contribution in [2.24, 2.45) is 0 Å². The molecule has 5 heteroatoms. The van der Waals surface area contributed by atoms with Gasteiger partial charge in [-0.1, -0.05) is 6.07 Å². The number of benzene rings is 1. The molecule has 0 unspecified atom stereocenters. The van der Waals surface area contributed by atoms with Crippen LogP contribution >= 0.6 is 0 Å². The maximum absolute atomic E-state index is 13.3. The molecule has 1 aliphatic rings. The Bertz CT molecular complexity index is 525. The Balaban J connectivity index is 1.95. The van der Waals surface area contributed by atoms with E-state index in [1.165, 1.54) is 6.07 Å². The summed E-state index contributed by atoms with van der Waals surface area (Å²) < 4.78 is 13.3. The van der Waals surface area contributed by atoms with Gasteiger partial charge in [-0.15, -0.1) is 0 Å². The number of carbonyl (C=O) groups is 1. The predicted molar refractivity (Wildman–Crippen MR) is 83.6 cm³/mol. The highest BCUT2D eigenvalue weighted by molar-refractivity contribution is 5.81. The van der Waals surface area contributed by atoms with Crippen molar-refractivity contribution in [3.63, 3.8) is 0 Å². The van der Waals surface area contributed by atoms with Crippen molar-refractivity contribution in [1.82, 2.24) is 10.2 Å². The first-order valence-corrected chi connectivity index (χ1v) is 7.87. The molecule has 3 atom stereocenters. The van der Waals surface area contributed by atoms with Gasteiger partial charge in [0.05, 0.1) is 12.6 Å². The van der Waals surface area contributed by atoms with Gasteiger partial charge in [0.25, 0.3) is 0 Å². The molecule has 22 heavy (non-hydrogen) atoms. The molecule has 1 fully saturated rings. The number of aliphatic hydroxyl groups excluding tert-OH is 1. The van der Waals surface area contributed by atoms with Crippen LogP contribution in [0.3, 0.4) is 0 Å². The van der Waals surface area contributed by atoms with Gasteiger partial charge in [0.1, 0.15) is 5.82 Å². The molecule has 0 radical (unpaired) electrons. The first-order chi connectivity index (χ1) is 10.4. The maximum atomic E-state index is 13.3. The second-order valence-electron chi connectivity index (χ2n) is 6.20. The van der Waals surface area contributed by atoms with Gasteiger partial charge < -0.3 is 10.4 Å². The minimum absolute atomic E-state index is 0.0181. The number of aliphatic hydroxyl groups is 1. The topological polar surface area (TPSA) is 52.6 Å². The SMILES string of the molecule is C[C@@H]1CC[C@@H](C)N1[C@H](C)C(=O)NCc1ccc(F)c(CO)c1. The standard InChI is InChI=1S/C17H25FN2O2/c1-11-4-5-12(2)20(11)13(3)17(22)19-9-14-6-7-16(18)15(8-14)10-21/h6-8,11-13,21H,4-5,9-10H2,1-3H3,(H,19,22)/t11-,12-,13-/m1/s1. The number of rotatable bonds is 5. The normalized spacial score (nSPS) is 23.5. The summed E-state index contributed by atoms with van der Waals surface area (Å²) in [7, 11) is 0. The molecule has 0 aliphatic carbocycles. The number of nitrogens with zero attached hydrogens (tertiary/aromatic N) is 1. The summed E-state index contributed by atoms with van der Waals surface area (Å²) >= 11 is 0. The van der Waals surface area contributed by atoms with E-state index < -0.39 is 5.82 Å². The van der Waals surface area contributed by atoms with Crippen LogP contribution in [-0.2, 0) is 17.9 Å². The van der Waals surface area contributed by atoms with E-state index in [1.54, 1.807) is 12.1 Å². The summed E-state index contributed by atoms with van der Waals surface area (Å²) in [6, 6.07) is 5.19. The molecular weight excluding hydrogens is 283 g/mol. The van der Waals surface area contributed by atoms with Gasteiger partial charge >= 0.3 is 0 Å². The zero-order valence-electron chi connectivity index (χ0n) is 13.5. The fourth-order valence-corrected chi connectivity index (χ4v) is 3.31. The van der Waals surface area contributed by atoms with Crippen molar-refractivity contribution in [1.29, 1.82) is 0 Å². The second kappa shape index (κ2) is 7.20. The molecule has 2 N–H and O–H groups in total. The summed E-state index contributed by atoms with van der Waals surface area (Å²) in [5.41, 5.74) is 1.04. The number of halogens is 1. The van der Waals surface area contributed by atoms with Crippen LogP contribution in [0.15, 0.2) is 18.2 Å². The van der Waals surface area contributed by atoms with E-state index in [1.807, 2.05) is 6.92 Å². The number of amides is 1. The number of carbonyl (C=O) groups excluding carboxylic acids is 1. The van der Waals surface area contributed by atoms with Crippen LogP contribution in [0.4, 0.5) is 4.39 Å². The van der Waals surface area contributed by atoms with Crippen LogP contribution in [0, 0.1) is 5.82 Å². The Morgan fingerprint density at radius 1 is 1.41 bits per heavy atom. The van der Waals surface area contributed by atoms with E-state index in [9.17, 15) is 9.18 Å². The van der Waals surface area contributed by atoms with Gasteiger partial charge in [0.15, 0.2) is 0 Å². The summed E-state index contributed by atoms with van der Waals surface area (Å²) in [6.07, 6.45) is 2.24.